The molecule has 0 atom stereocenters. The van der Waals surface area contributed by atoms with E-state index in [4.69, 9.17) is 10.5 Å². The number of aromatic nitrogens is 2. The molecule has 0 aliphatic heterocycles. The molecule has 5 nitrogen and oxygen atoms in total. The fourth-order valence-corrected chi connectivity index (χ4v) is 1.50. The van der Waals surface area contributed by atoms with Crippen molar-refractivity contribution in [2.24, 2.45) is 5.73 Å². The second-order valence-corrected chi connectivity index (χ2v) is 3.80. The monoisotopic (exact) mass is 238 g/mol. The van der Waals surface area contributed by atoms with Crippen molar-refractivity contribution in [3.8, 4) is 5.88 Å². The van der Waals surface area contributed by atoms with Gasteiger partial charge in [0.05, 0.1) is 6.61 Å². The molecular formula is C12H22N4O. The Balaban J connectivity index is 2.19. The smallest absolute Gasteiger partial charge is 0.218 e. The van der Waals surface area contributed by atoms with Gasteiger partial charge >= 0.3 is 0 Å². The van der Waals surface area contributed by atoms with Gasteiger partial charge in [0.1, 0.15) is 12.1 Å². The van der Waals surface area contributed by atoms with Crippen LogP contribution in [0, 0.1) is 0 Å². The van der Waals surface area contributed by atoms with Gasteiger partial charge < -0.3 is 15.8 Å². The highest BCUT2D eigenvalue weighted by molar-refractivity contribution is 5.36. The van der Waals surface area contributed by atoms with Gasteiger partial charge in [0.2, 0.25) is 5.88 Å². The minimum absolute atomic E-state index is 0.619. The van der Waals surface area contributed by atoms with Crippen molar-refractivity contribution in [1.82, 2.24) is 9.97 Å². The first-order valence-corrected chi connectivity index (χ1v) is 6.25. The molecule has 1 aromatic heterocycles. The van der Waals surface area contributed by atoms with Gasteiger partial charge in [0.15, 0.2) is 0 Å². The summed E-state index contributed by atoms with van der Waals surface area (Å²) >= 11 is 0. The van der Waals surface area contributed by atoms with Gasteiger partial charge in [0, 0.05) is 12.6 Å². The van der Waals surface area contributed by atoms with E-state index in [2.05, 4.69) is 15.3 Å². The van der Waals surface area contributed by atoms with Crippen LogP contribution in [0.3, 0.4) is 0 Å². The molecule has 0 aromatic carbocycles. The minimum Gasteiger partial charge on any atom is -0.478 e. The van der Waals surface area contributed by atoms with E-state index in [-0.39, 0.29) is 0 Å². The van der Waals surface area contributed by atoms with E-state index in [0.717, 1.165) is 31.7 Å². The number of rotatable bonds is 9. The molecule has 5 heteroatoms. The molecule has 1 rings (SSSR count). The number of unbranched alkanes of at least 4 members (excludes halogenated alkanes) is 3. The summed E-state index contributed by atoms with van der Waals surface area (Å²) in [5.74, 6) is 1.44. The molecular weight excluding hydrogens is 216 g/mol. The standard InChI is InChI=1S/C12H22N4O/c1-2-17-12-9-11(15-10-16-12)14-8-6-4-3-5-7-13/h9-10H,2-8,13H2,1H3,(H,14,15,16). The summed E-state index contributed by atoms with van der Waals surface area (Å²) < 4.78 is 5.30. The van der Waals surface area contributed by atoms with Crippen LogP contribution in [0.4, 0.5) is 5.82 Å². The number of nitrogens with two attached hydrogens (primary N) is 1. The fourth-order valence-electron chi connectivity index (χ4n) is 1.50. The molecule has 0 bridgehead atoms. The van der Waals surface area contributed by atoms with Crippen molar-refractivity contribution in [3.05, 3.63) is 12.4 Å². The van der Waals surface area contributed by atoms with Gasteiger partial charge in [-0.25, -0.2) is 9.97 Å². The van der Waals surface area contributed by atoms with Crippen molar-refractivity contribution in [1.29, 1.82) is 0 Å². The third-order valence-corrected chi connectivity index (χ3v) is 2.37. The third kappa shape index (κ3) is 6.06. The number of hydrogen-bond acceptors (Lipinski definition) is 5. The van der Waals surface area contributed by atoms with Crippen molar-refractivity contribution in [3.63, 3.8) is 0 Å². The predicted octanol–water partition coefficient (Wildman–Crippen LogP) is 1.81. The van der Waals surface area contributed by atoms with Crippen LogP contribution in [0.1, 0.15) is 32.6 Å². The first-order valence-electron chi connectivity index (χ1n) is 6.25. The lowest BCUT2D eigenvalue weighted by Gasteiger charge is -2.06. The maximum absolute atomic E-state index is 5.43. The SMILES string of the molecule is CCOc1cc(NCCCCCCN)ncn1. The summed E-state index contributed by atoms with van der Waals surface area (Å²) in [6, 6.07) is 1.82. The van der Waals surface area contributed by atoms with E-state index in [1.807, 2.05) is 13.0 Å². The molecule has 0 fully saturated rings. The second kappa shape index (κ2) is 8.75. The molecule has 0 saturated heterocycles. The van der Waals surface area contributed by atoms with Crippen LogP contribution in [-0.2, 0) is 0 Å². The summed E-state index contributed by atoms with van der Waals surface area (Å²) in [4.78, 5) is 8.14. The van der Waals surface area contributed by atoms with E-state index in [9.17, 15) is 0 Å². The summed E-state index contributed by atoms with van der Waals surface area (Å²) in [5, 5.41) is 3.26. The molecule has 3 N–H and O–H groups in total. The van der Waals surface area contributed by atoms with E-state index in [0.29, 0.717) is 12.5 Å². The molecule has 0 radical (unpaired) electrons. The van der Waals surface area contributed by atoms with Gasteiger partial charge in [-0.1, -0.05) is 12.8 Å². The van der Waals surface area contributed by atoms with Crippen LogP contribution in [0.5, 0.6) is 5.88 Å². The minimum atomic E-state index is 0.619. The molecule has 17 heavy (non-hydrogen) atoms. The molecule has 0 amide bonds. The first-order chi connectivity index (χ1) is 8.36. The van der Waals surface area contributed by atoms with Gasteiger partial charge in [0.25, 0.3) is 0 Å². The topological polar surface area (TPSA) is 73.1 Å². The Morgan fingerprint density at radius 2 is 2.06 bits per heavy atom. The quantitative estimate of drug-likeness (QED) is 0.642. The molecule has 0 aliphatic carbocycles. The van der Waals surface area contributed by atoms with Gasteiger partial charge in [-0.05, 0) is 26.3 Å². The van der Waals surface area contributed by atoms with Crippen molar-refractivity contribution in [2.75, 3.05) is 25.0 Å². The fraction of sp³-hybridized carbons (Fsp3) is 0.667. The van der Waals surface area contributed by atoms with Crippen LogP contribution >= 0.6 is 0 Å². The second-order valence-electron chi connectivity index (χ2n) is 3.80. The largest absolute Gasteiger partial charge is 0.478 e. The normalized spacial score (nSPS) is 10.2. The lowest BCUT2D eigenvalue weighted by atomic mass is 10.2. The average molecular weight is 238 g/mol. The summed E-state index contributed by atoms with van der Waals surface area (Å²) in [6.07, 6.45) is 6.16. The van der Waals surface area contributed by atoms with Crippen molar-refractivity contribution < 1.29 is 4.74 Å². The molecule has 0 unspecified atom stereocenters. The van der Waals surface area contributed by atoms with E-state index >= 15 is 0 Å². The predicted molar refractivity (Wildman–Crippen MR) is 69.2 cm³/mol. The number of nitrogens with one attached hydrogen (secondary N) is 1. The Bertz CT molecular complexity index is 306. The van der Waals surface area contributed by atoms with Gasteiger partial charge in [-0.15, -0.1) is 0 Å². The Hall–Kier alpha value is -1.36. The van der Waals surface area contributed by atoms with E-state index in [1.165, 1.54) is 19.2 Å². The van der Waals surface area contributed by atoms with Crippen LogP contribution in [0.2, 0.25) is 0 Å². The molecule has 1 heterocycles. The van der Waals surface area contributed by atoms with E-state index in [1.54, 1.807) is 0 Å². The number of ether oxygens (including phenoxy) is 1. The summed E-state index contributed by atoms with van der Waals surface area (Å²) in [6.45, 7) is 4.27. The first kappa shape index (κ1) is 13.7. The van der Waals surface area contributed by atoms with E-state index < -0.39 is 0 Å². The maximum atomic E-state index is 5.43. The lowest BCUT2D eigenvalue weighted by molar-refractivity contribution is 0.326. The molecule has 0 spiro atoms. The molecule has 0 saturated carbocycles. The Morgan fingerprint density at radius 1 is 1.24 bits per heavy atom. The zero-order valence-electron chi connectivity index (χ0n) is 10.5. The molecule has 0 aliphatic rings. The highest BCUT2D eigenvalue weighted by atomic mass is 16.5. The van der Waals surface area contributed by atoms with Crippen LogP contribution in [0.25, 0.3) is 0 Å². The number of nitrogens with zero attached hydrogens (tertiary/aromatic N) is 2. The highest BCUT2D eigenvalue weighted by Gasteiger charge is 1.98. The van der Waals surface area contributed by atoms with Crippen molar-refractivity contribution in [2.45, 2.75) is 32.6 Å². The zero-order chi connectivity index (χ0) is 12.3. The van der Waals surface area contributed by atoms with Crippen LogP contribution in [-0.4, -0.2) is 29.7 Å². The van der Waals surface area contributed by atoms with Gasteiger partial charge in [-0.2, -0.15) is 0 Å². The lowest BCUT2D eigenvalue weighted by Crippen LogP contribution is -2.05. The Morgan fingerprint density at radius 3 is 2.82 bits per heavy atom. The summed E-state index contributed by atoms with van der Waals surface area (Å²) in [5.41, 5.74) is 5.43. The molecule has 1 aromatic rings. The zero-order valence-corrected chi connectivity index (χ0v) is 10.5. The van der Waals surface area contributed by atoms with Crippen LogP contribution in [0.15, 0.2) is 12.4 Å². The highest BCUT2D eigenvalue weighted by Crippen LogP contribution is 2.11. The third-order valence-electron chi connectivity index (χ3n) is 2.37. The molecule has 96 valence electrons. The summed E-state index contributed by atoms with van der Waals surface area (Å²) in [7, 11) is 0. The van der Waals surface area contributed by atoms with Gasteiger partial charge in [-0.3, -0.25) is 0 Å². The van der Waals surface area contributed by atoms with Crippen molar-refractivity contribution >= 4 is 5.82 Å². The maximum Gasteiger partial charge on any atom is 0.218 e. The number of hydrogen-bond donors (Lipinski definition) is 2. The Labute approximate surface area is 103 Å². The van der Waals surface area contributed by atoms with Crippen LogP contribution < -0.4 is 15.8 Å². The Kier molecular flexibility index (Phi) is 7.06. The average Bonchev–Trinajstić information content (AvgIpc) is 2.35. The number of anilines is 1.